The average molecular weight is 468 g/mol. The van der Waals surface area contributed by atoms with Crippen LogP contribution in [0, 0.1) is 13.8 Å². The summed E-state index contributed by atoms with van der Waals surface area (Å²) in [6.45, 7) is 10.4. The highest BCUT2D eigenvalue weighted by atomic mass is 16.5. The molecule has 7 nitrogen and oxygen atoms in total. The van der Waals surface area contributed by atoms with Crippen molar-refractivity contribution in [3.05, 3.63) is 63.1 Å². The van der Waals surface area contributed by atoms with Gasteiger partial charge in [-0.25, -0.2) is 0 Å². The maximum absolute atomic E-state index is 13.6. The Kier molecular flexibility index (Phi) is 8.40. The lowest BCUT2D eigenvalue weighted by atomic mass is 10.1. The Morgan fingerprint density at radius 1 is 0.941 bits per heavy atom. The summed E-state index contributed by atoms with van der Waals surface area (Å²) in [5.41, 5.74) is 2.74. The number of likely N-dealkylation sites (tertiary alicyclic amines) is 1. The molecule has 0 radical (unpaired) electrons. The van der Waals surface area contributed by atoms with E-state index in [1.807, 2.05) is 43.0 Å². The molecule has 0 aliphatic carbocycles. The lowest BCUT2D eigenvalue weighted by Crippen LogP contribution is -2.40. The van der Waals surface area contributed by atoms with Crippen LogP contribution in [-0.4, -0.2) is 66.2 Å². The predicted octanol–water partition coefficient (Wildman–Crippen LogP) is 3.39. The summed E-state index contributed by atoms with van der Waals surface area (Å²) in [7, 11) is 0. The molecule has 184 valence electrons. The summed E-state index contributed by atoms with van der Waals surface area (Å²) in [6.07, 6.45) is 4.23. The third-order valence-electron chi connectivity index (χ3n) is 6.87. The van der Waals surface area contributed by atoms with E-state index in [4.69, 9.17) is 9.47 Å². The quantitative estimate of drug-likeness (QED) is 0.625. The van der Waals surface area contributed by atoms with Gasteiger partial charge in [-0.3, -0.25) is 14.5 Å². The van der Waals surface area contributed by atoms with E-state index in [1.165, 1.54) is 0 Å². The first-order valence-electron chi connectivity index (χ1n) is 12.5. The van der Waals surface area contributed by atoms with Gasteiger partial charge in [0.2, 0.25) is 0 Å². The highest BCUT2D eigenvalue weighted by Gasteiger charge is 2.26. The number of ether oxygens (including phenoxy) is 2. The van der Waals surface area contributed by atoms with Gasteiger partial charge in [-0.2, -0.15) is 0 Å². The van der Waals surface area contributed by atoms with Gasteiger partial charge < -0.3 is 18.9 Å². The number of aryl methyl sites for hydroxylation is 2. The second-order valence-corrected chi connectivity index (χ2v) is 9.39. The molecule has 0 atom stereocenters. The van der Waals surface area contributed by atoms with Crippen molar-refractivity contribution in [1.29, 1.82) is 0 Å². The second kappa shape index (κ2) is 11.7. The molecule has 3 heterocycles. The molecule has 2 saturated heterocycles. The van der Waals surface area contributed by atoms with E-state index in [0.717, 1.165) is 75.5 Å². The van der Waals surface area contributed by atoms with Gasteiger partial charge in [-0.15, -0.1) is 0 Å². The molecule has 0 saturated carbocycles. The Morgan fingerprint density at radius 3 is 2.29 bits per heavy atom. The molecular formula is C27H37N3O4. The summed E-state index contributed by atoms with van der Waals surface area (Å²) in [6, 6.07) is 9.47. The number of amides is 1. The molecular weight excluding hydrogens is 430 g/mol. The Bertz CT molecular complexity index is 1020. The Labute approximate surface area is 202 Å². The number of morpholine rings is 1. The zero-order chi connectivity index (χ0) is 23.9. The number of rotatable bonds is 7. The van der Waals surface area contributed by atoms with Crippen LogP contribution in [0.2, 0.25) is 0 Å². The summed E-state index contributed by atoms with van der Waals surface area (Å²) >= 11 is 0. The Hall–Kier alpha value is -2.64. The molecule has 2 aromatic rings. The SMILES string of the molecule is Cc1ccc(OCc2c(C(=O)N3CCCCCC3)c(=O)cc(C)n2CCN2CCOCC2)cc1. The fraction of sp³-hybridized carbons (Fsp3) is 0.556. The molecule has 2 aliphatic rings. The standard InChI is InChI=1S/C27H37N3O4/c1-21-7-9-23(10-8-21)34-20-24-26(27(32)29-11-5-3-4-6-12-29)25(31)19-22(2)30(24)14-13-28-15-17-33-18-16-28/h7-10,19H,3-6,11-18,20H2,1-2H3. The van der Waals surface area contributed by atoms with Crippen LogP contribution in [0.25, 0.3) is 0 Å². The zero-order valence-corrected chi connectivity index (χ0v) is 20.6. The lowest BCUT2D eigenvalue weighted by molar-refractivity contribution is 0.0361. The first-order valence-corrected chi connectivity index (χ1v) is 12.5. The molecule has 34 heavy (non-hydrogen) atoms. The number of benzene rings is 1. The van der Waals surface area contributed by atoms with Gasteiger partial charge >= 0.3 is 0 Å². The molecule has 1 aromatic heterocycles. The van der Waals surface area contributed by atoms with Gasteiger partial charge in [0, 0.05) is 51.0 Å². The van der Waals surface area contributed by atoms with E-state index >= 15 is 0 Å². The zero-order valence-electron chi connectivity index (χ0n) is 20.6. The highest BCUT2D eigenvalue weighted by molar-refractivity contribution is 5.95. The van der Waals surface area contributed by atoms with Crippen LogP contribution in [0.5, 0.6) is 5.75 Å². The van der Waals surface area contributed by atoms with Gasteiger partial charge in [-0.1, -0.05) is 30.5 Å². The summed E-state index contributed by atoms with van der Waals surface area (Å²) < 4.78 is 13.7. The van der Waals surface area contributed by atoms with Crippen molar-refractivity contribution in [2.45, 2.75) is 52.7 Å². The first kappa shape index (κ1) is 24.5. The van der Waals surface area contributed by atoms with Gasteiger partial charge in [0.05, 0.1) is 18.9 Å². The van der Waals surface area contributed by atoms with Gasteiger partial charge in [0.15, 0.2) is 5.43 Å². The second-order valence-electron chi connectivity index (χ2n) is 9.39. The highest BCUT2D eigenvalue weighted by Crippen LogP contribution is 2.19. The van der Waals surface area contributed by atoms with Crippen molar-refractivity contribution in [3.8, 4) is 5.75 Å². The number of carbonyl (C=O) groups is 1. The molecule has 0 spiro atoms. The van der Waals surface area contributed by atoms with Gasteiger partial charge in [-0.05, 0) is 38.8 Å². The number of hydrogen-bond donors (Lipinski definition) is 0. The minimum Gasteiger partial charge on any atom is -0.487 e. The molecule has 1 amide bonds. The fourth-order valence-electron chi connectivity index (χ4n) is 4.80. The largest absolute Gasteiger partial charge is 0.487 e. The van der Waals surface area contributed by atoms with Crippen molar-refractivity contribution in [3.63, 3.8) is 0 Å². The lowest BCUT2D eigenvalue weighted by Gasteiger charge is -2.29. The van der Waals surface area contributed by atoms with Crippen LogP contribution in [0.3, 0.4) is 0 Å². The molecule has 0 unspecified atom stereocenters. The molecule has 2 fully saturated rings. The normalized spacial score (nSPS) is 17.4. The van der Waals surface area contributed by atoms with Crippen molar-refractivity contribution < 1.29 is 14.3 Å². The topological polar surface area (TPSA) is 64.0 Å². The number of hydrogen-bond acceptors (Lipinski definition) is 5. The van der Waals surface area contributed by atoms with Crippen LogP contribution in [0.1, 0.15) is 53.0 Å². The van der Waals surface area contributed by atoms with Crippen molar-refractivity contribution in [2.24, 2.45) is 0 Å². The van der Waals surface area contributed by atoms with Crippen molar-refractivity contribution in [1.82, 2.24) is 14.4 Å². The first-order chi connectivity index (χ1) is 16.5. The number of nitrogens with zero attached hydrogens (tertiary/aromatic N) is 3. The van der Waals surface area contributed by atoms with Crippen LogP contribution < -0.4 is 10.2 Å². The van der Waals surface area contributed by atoms with E-state index in [-0.39, 0.29) is 23.5 Å². The third-order valence-corrected chi connectivity index (χ3v) is 6.87. The molecule has 0 bridgehead atoms. The van der Waals surface area contributed by atoms with E-state index in [9.17, 15) is 9.59 Å². The maximum atomic E-state index is 13.6. The van der Waals surface area contributed by atoms with E-state index in [1.54, 1.807) is 6.07 Å². The van der Waals surface area contributed by atoms with Crippen LogP contribution >= 0.6 is 0 Å². The smallest absolute Gasteiger partial charge is 0.259 e. The van der Waals surface area contributed by atoms with E-state index in [2.05, 4.69) is 9.47 Å². The molecule has 4 rings (SSSR count). The summed E-state index contributed by atoms with van der Waals surface area (Å²) in [5, 5.41) is 0. The number of carbonyl (C=O) groups excluding carboxylic acids is 1. The van der Waals surface area contributed by atoms with Crippen molar-refractivity contribution >= 4 is 5.91 Å². The van der Waals surface area contributed by atoms with Crippen LogP contribution in [0.4, 0.5) is 0 Å². The average Bonchev–Trinajstić information content (AvgIpc) is 3.13. The predicted molar refractivity (Wildman–Crippen MR) is 133 cm³/mol. The molecule has 1 aromatic carbocycles. The summed E-state index contributed by atoms with van der Waals surface area (Å²) in [5.74, 6) is 0.571. The fourth-order valence-corrected chi connectivity index (χ4v) is 4.80. The maximum Gasteiger partial charge on any atom is 0.259 e. The molecule has 7 heteroatoms. The number of aromatic nitrogens is 1. The Balaban J connectivity index is 1.66. The van der Waals surface area contributed by atoms with Crippen LogP contribution in [0.15, 0.2) is 35.1 Å². The minimum absolute atomic E-state index is 0.158. The Morgan fingerprint density at radius 2 is 1.62 bits per heavy atom. The monoisotopic (exact) mass is 467 g/mol. The molecule has 2 aliphatic heterocycles. The van der Waals surface area contributed by atoms with Gasteiger partial charge in [0.25, 0.3) is 5.91 Å². The van der Waals surface area contributed by atoms with Crippen LogP contribution in [-0.2, 0) is 17.9 Å². The van der Waals surface area contributed by atoms with E-state index in [0.29, 0.717) is 25.3 Å². The molecule has 0 N–H and O–H groups in total. The summed E-state index contributed by atoms with van der Waals surface area (Å²) in [4.78, 5) is 31.1. The van der Waals surface area contributed by atoms with Crippen molar-refractivity contribution in [2.75, 3.05) is 45.9 Å². The number of pyridine rings is 1. The minimum atomic E-state index is -0.211. The third kappa shape index (κ3) is 6.07. The van der Waals surface area contributed by atoms with E-state index < -0.39 is 0 Å². The van der Waals surface area contributed by atoms with Gasteiger partial charge in [0.1, 0.15) is 17.9 Å².